The SMILES string of the molecule is CC(=O)O[C@H]1C[C@H]([C@H](C)CC/C=C(\C)C(=O)O)[C@@]2(C)CC=C3C(=CCC4C(C)(C)[C@@H](O)CC[C@]34C)[C@]12C. The van der Waals surface area contributed by atoms with Gasteiger partial charge in [-0.15, -0.1) is 0 Å². The lowest BCUT2D eigenvalue weighted by Crippen LogP contribution is -2.56. The molecule has 5 heteroatoms. The van der Waals surface area contributed by atoms with Gasteiger partial charge >= 0.3 is 11.9 Å². The fourth-order valence-corrected chi connectivity index (χ4v) is 9.13. The molecule has 0 saturated heterocycles. The number of fused-ring (bicyclic) bond motifs is 5. The molecule has 0 aromatic rings. The molecule has 0 bridgehead atoms. The van der Waals surface area contributed by atoms with Crippen LogP contribution < -0.4 is 0 Å². The Morgan fingerprint density at radius 3 is 2.43 bits per heavy atom. The number of carbonyl (C=O) groups excluding carboxylic acids is 1. The van der Waals surface area contributed by atoms with Gasteiger partial charge in [0.15, 0.2) is 0 Å². The number of rotatable bonds is 6. The number of carboxylic acid groups (broad SMARTS) is 1. The van der Waals surface area contributed by atoms with E-state index in [0.717, 1.165) is 44.9 Å². The number of aliphatic hydroxyl groups is 1. The zero-order valence-corrected chi connectivity index (χ0v) is 24.2. The van der Waals surface area contributed by atoms with Gasteiger partial charge in [0.1, 0.15) is 6.10 Å². The van der Waals surface area contributed by atoms with Crippen LogP contribution in [-0.4, -0.2) is 34.4 Å². The Hall–Kier alpha value is -1.88. The van der Waals surface area contributed by atoms with E-state index in [9.17, 15) is 19.8 Å². The van der Waals surface area contributed by atoms with E-state index in [-0.39, 0.29) is 39.8 Å². The van der Waals surface area contributed by atoms with Crippen molar-refractivity contribution in [3.8, 4) is 0 Å². The van der Waals surface area contributed by atoms with E-state index >= 15 is 0 Å². The molecule has 4 aliphatic carbocycles. The number of aliphatic carboxylic acids is 1. The highest BCUT2D eigenvalue weighted by Gasteiger charge is 2.67. The van der Waals surface area contributed by atoms with Gasteiger partial charge in [-0.05, 0) is 97.0 Å². The Balaban J connectivity index is 1.73. The zero-order chi connectivity index (χ0) is 27.6. The maximum absolute atomic E-state index is 12.3. The molecule has 0 aliphatic heterocycles. The first-order valence-corrected chi connectivity index (χ1v) is 14.3. The predicted molar refractivity (Wildman–Crippen MR) is 146 cm³/mol. The summed E-state index contributed by atoms with van der Waals surface area (Å²) in [6.45, 7) is 17.1. The molecule has 0 spiro atoms. The summed E-state index contributed by atoms with van der Waals surface area (Å²) in [5.41, 5.74) is 2.68. The van der Waals surface area contributed by atoms with Crippen molar-refractivity contribution in [3.05, 3.63) is 34.9 Å². The van der Waals surface area contributed by atoms with Crippen molar-refractivity contribution >= 4 is 11.9 Å². The lowest BCUT2D eigenvalue weighted by Gasteiger charge is -2.61. The third-order valence-corrected chi connectivity index (χ3v) is 11.7. The predicted octanol–water partition coefficient (Wildman–Crippen LogP) is 6.86. The average molecular weight is 513 g/mol. The Kier molecular flexibility index (Phi) is 7.14. The fourth-order valence-electron chi connectivity index (χ4n) is 9.13. The molecule has 206 valence electrons. The van der Waals surface area contributed by atoms with Crippen molar-refractivity contribution in [1.29, 1.82) is 0 Å². The molecule has 37 heavy (non-hydrogen) atoms. The van der Waals surface area contributed by atoms with Crippen LogP contribution in [0.2, 0.25) is 0 Å². The number of aliphatic hydroxyl groups excluding tert-OH is 1. The van der Waals surface area contributed by atoms with E-state index in [1.54, 1.807) is 6.92 Å². The number of hydrogen-bond acceptors (Lipinski definition) is 4. The minimum absolute atomic E-state index is 0.000777. The minimum Gasteiger partial charge on any atom is -0.478 e. The summed E-state index contributed by atoms with van der Waals surface area (Å²) in [5, 5.41) is 20.1. The van der Waals surface area contributed by atoms with Crippen LogP contribution in [-0.2, 0) is 14.3 Å². The standard InChI is InChI=1S/C32H48O5/c1-19(10-9-11-20(2)28(35)36)24-18-27(37-21(3)33)32(8)23-12-13-25-29(4,5)26(34)15-16-30(25,6)22(23)14-17-31(24,32)7/h11-12,14,19,24-27,34H,9-10,13,15-18H2,1-8H3,(H,35,36)/b20-11+/t19-,24-,25?,26+,27+,30-,31-,32-/m1/s1. The molecule has 2 saturated carbocycles. The molecule has 5 nitrogen and oxygen atoms in total. The van der Waals surface area contributed by atoms with Crippen molar-refractivity contribution in [2.24, 2.45) is 39.4 Å². The smallest absolute Gasteiger partial charge is 0.330 e. The van der Waals surface area contributed by atoms with Crippen LogP contribution in [0.25, 0.3) is 0 Å². The van der Waals surface area contributed by atoms with Gasteiger partial charge in [0.25, 0.3) is 0 Å². The molecule has 1 unspecified atom stereocenters. The highest BCUT2D eigenvalue weighted by Crippen LogP contribution is 2.72. The maximum Gasteiger partial charge on any atom is 0.330 e. The summed E-state index contributed by atoms with van der Waals surface area (Å²) in [6.07, 6.45) is 12.4. The van der Waals surface area contributed by atoms with Gasteiger partial charge in [0.2, 0.25) is 0 Å². The minimum atomic E-state index is -0.859. The number of esters is 1. The Labute approximate surface area is 223 Å². The zero-order valence-electron chi connectivity index (χ0n) is 24.2. The van der Waals surface area contributed by atoms with Crippen molar-refractivity contribution in [1.82, 2.24) is 0 Å². The van der Waals surface area contributed by atoms with E-state index in [2.05, 4.69) is 53.7 Å². The van der Waals surface area contributed by atoms with Gasteiger partial charge in [0.05, 0.1) is 6.10 Å². The molecule has 0 aromatic carbocycles. The van der Waals surface area contributed by atoms with Gasteiger partial charge < -0.3 is 14.9 Å². The Morgan fingerprint density at radius 1 is 1.14 bits per heavy atom. The first-order chi connectivity index (χ1) is 17.1. The van der Waals surface area contributed by atoms with E-state index in [0.29, 0.717) is 23.3 Å². The molecule has 4 rings (SSSR count). The van der Waals surface area contributed by atoms with Crippen LogP contribution in [0.15, 0.2) is 34.9 Å². The monoisotopic (exact) mass is 512 g/mol. The highest BCUT2D eigenvalue weighted by atomic mass is 16.5. The van der Waals surface area contributed by atoms with E-state index in [4.69, 9.17) is 4.74 Å². The molecule has 0 aromatic heterocycles. The molecule has 0 amide bonds. The number of carbonyl (C=O) groups is 2. The van der Waals surface area contributed by atoms with Crippen molar-refractivity contribution in [3.63, 3.8) is 0 Å². The normalized spacial score (nSPS) is 41.5. The molecular weight excluding hydrogens is 464 g/mol. The van der Waals surface area contributed by atoms with Gasteiger partial charge in [-0.2, -0.15) is 0 Å². The topological polar surface area (TPSA) is 83.8 Å². The fraction of sp³-hybridized carbons (Fsp3) is 0.750. The Morgan fingerprint density at radius 2 is 1.81 bits per heavy atom. The molecule has 8 atom stereocenters. The quantitative estimate of drug-likeness (QED) is 0.300. The highest BCUT2D eigenvalue weighted by molar-refractivity contribution is 5.85. The third kappa shape index (κ3) is 4.15. The second kappa shape index (κ2) is 9.39. The molecule has 2 fully saturated rings. The second-order valence-electron chi connectivity index (χ2n) is 13.8. The summed E-state index contributed by atoms with van der Waals surface area (Å²) in [4.78, 5) is 23.6. The van der Waals surface area contributed by atoms with Crippen molar-refractivity contribution < 1.29 is 24.5 Å². The number of ether oxygens (including phenoxy) is 1. The van der Waals surface area contributed by atoms with Crippen LogP contribution in [0.5, 0.6) is 0 Å². The van der Waals surface area contributed by atoms with E-state index in [1.807, 2.05) is 6.08 Å². The van der Waals surface area contributed by atoms with Gasteiger partial charge in [-0.1, -0.05) is 59.8 Å². The van der Waals surface area contributed by atoms with E-state index in [1.165, 1.54) is 18.1 Å². The van der Waals surface area contributed by atoms with Crippen LogP contribution >= 0.6 is 0 Å². The number of carboxylic acids is 1. The average Bonchev–Trinajstić information content (AvgIpc) is 3.03. The summed E-state index contributed by atoms with van der Waals surface area (Å²) in [6, 6.07) is 0. The first-order valence-electron chi connectivity index (χ1n) is 14.3. The number of hydrogen-bond donors (Lipinski definition) is 2. The lowest BCUT2D eigenvalue weighted by atomic mass is 9.44. The molecule has 0 heterocycles. The van der Waals surface area contributed by atoms with Gasteiger partial charge in [0, 0.05) is 17.9 Å². The van der Waals surface area contributed by atoms with Crippen LogP contribution in [0, 0.1) is 39.4 Å². The molecular formula is C32H48O5. The Bertz CT molecular complexity index is 1050. The molecule has 2 N–H and O–H groups in total. The summed E-state index contributed by atoms with van der Waals surface area (Å²) < 4.78 is 6.14. The summed E-state index contributed by atoms with van der Waals surface area (Å²) in [5.74, 6) is 0.0188. The van der Waals surface area contributed by atoms with E-state index < -0.39 is 5.97 Å². The van der Waals surface area contributed by atoms with Crippen molar-refractivity contribution in [2.45, 2.75) is 113 Å². The van der Waals surface area contributed by atoms with Crippen LogP contribution in [0.1, 0.15) is 100 Å². The molecule has 4 aliphatic rings. The number of allylic oxidation sites excluding steroid dienone is 4. The first kappa shape index (κ1) is 28.1. The van der Waals surface area contributed by atoms with Crippen molar-refractivity contribution in [2.75, 3.05) is 0 Å². The third-order valence-electron chi connectivity index (χ3n) is 11.7. The van der Waals surface area contributed by atoms with Crippen LogP contribution in [0.3, 0.4) is 0 Å². The second-order valence-corrected chi connectivity index (χ2v) is 13.8. The maximum atomic E-state index is 12.3. The van der Waals surface area contributed by atoms with Gasteiger partial charge in [-0.3, -0.25) is 4.79 Å². The summed E-state index contributed by atoms with van der Waals surface area (Å²) >= 11 is 0. The summed E-state index contributed by atoms with van der Waals surface area (Å²) in [7, 11) is 0. The van der Waals surface area contributed by atoms with Crippen LogP contribution in [0.4, 0.5) is 0 Å². The molecule has 0 radical (unpaired) electrons. The largest absolute Gasteiger partial charge is 0.478 e. The van der Waals surface area contributed by atoms with Gasteiger partial charge in [-0.25, -0.2) is 4.79 Å². The lowest BCUT2D eigenvalue weighted by molar-refractivity contribution is -0.152.